The van der Waals surface area contributed by atoms with Crippen molar-refractivity contribution in [2.75, 3.05) is 18.2 Å². The quantitative estimate of drug-likeness (QED) is 0.177. The van der Waals surface area contributed by atoms with E-state index < -0.39 is 20.7 Å². The van der Waals surface area contributed by atoms with Crippen LogP contribution in [0.5, 0.6) is 11.5 Å². The molecule has 12 nitrogen and oxygen atoms in total. The number of non-ortho nitro benzene ring substituents is 1. The smallest absolute Gasteiger partial charge is 0.269 e. The molecule has 0 aliphatic rings. The lowest BCUT2D eigenvalue weighted by Crippen LogP contribution is -2.13. The molecular weight excluding hydrogens is 510 g/mol. The van der Waals surface area contributed by atoms with Crippen LogP contribution in [0.2, 0.25) is 0 Å². The first kappa shape index (κ1) is 26.3. The van der Waals surface area contributed by atoms with Crippen molar-refractivity contribution in [3.8, 4) is 17.6 Å². The molecule has 0 spiro atoms. The average molecular weight is 530 g/mol. The number of carbonyl (C=O) groups excluding carboxylic acids is 1. The highest BCUT2D eigenvalue weighted by Gasteiger charge is 2.20. The summed E-state index contributed by atoms with van der Waals surface area (Å²) in [5, 5.41) is 22.1. The van der Waals surface area contributed by atoms with Gasteiger partial charge in [0.25, 0.3) is 16.8 Å². The van der Waals surface area contributed by atoms with Crippen molar-refractivity contribution in [2.24, 2.45) is 0 Å². The number of nitrogens with one attached hydrogen (secondary N) is 1. The van der Waals surface area contributed by atoms with Gasteiger partial charge in [-0.15, -0.1) is 0 Å². The van der Waals surface area contributed by atoms with E-state index in [9.17, 15) is 28.6 Å². The Hall–Kier alpha value is -4.35. The van der Waals surface area contributed by atoms with Gasteiger partial charge in [0.1, 0.15) is 18.2 Å². The first-order valence-electron chi connectivity index (χ1n) is 10.2. The van der Waals surface area contributed by atoms with E-state index in [0.29, 0.717) is 34.2 Å². The summed E-state index contributed by atoms with van der Waals surface area (Å²) in [5.41, 5.74) is 0.892. The van der Waals surface area contributed by atoms with Crippen molar-refractivity contribution >= 4 is 44.2 Å². The first-order valence-corrected chi connectivity index (χ1v) is 12.6. The number of nitriles is 1. The number of anilines is 1. The van der Waals surface area contributed by atoms with Crippen molar-refractivity contribution < 1.29 is 27.6 Å². The van der Waals surface area contributed by atoms with Crippen molar-refractivity contribution in [3.63, 3.8) is 0 Å². The number of nitro benzene ring substituents is 1. The lowest BCUT2D eigenvalue weighted by Gasteiger charge is -2.11. The summed E-state index contributed by atoms with van der Waals surface area (Å²) >= 11 is 0.689. The summed E-state index contributed by atoms with van der Waals surface area (Å²) in [7, 11) is -2.20. The monoisotopic (exact) mass is 529 g/mol. The van der Waals surface area contributed by atoms with Gasteiger partial charge in [0.2, 0.25) is 15.0 Å². The van der Waals surface area contributed by atoms with Gasteiger partial charge >= 0.3 is 0 Å². The minimum Gasteiger partial charge on any atom is -0.493 e. The molecule has 186 valence electrons. The summed E-state index contributed by atoms with van der Waals surface area (Å²) in [4.78, 5) is 26.6. The summed E-state index contributed by atoms with van der Waals surface area (Å²) in [5.74, 6) is -0.251. The fourth-order valence-electron chi connectivity index (χ4n) is 2.76. The zero-order valence-corrected chi connectivity index (χ0v) is 20.6. The molecular formula is C22H19N5O7S2. The third-order valence-electron chi connectivity index (χ3n) is 4.69. The van der Waals surface area contributed by atoms with E-state index in [0.717, 1.165) is 0 Å². The predicted octanol–water partition coefficient (Wildman–Crippen LogP) is 3.37. The third-order valence-corrected chi connectivity index (χ3v) is 6.94. The molecule has 0 aliphatic carbocycles. The molecule has 36 heavy (non-hydrogen) atoms. The SMILES string of the molecule is CCS(=O)(=O)c1nsc(NC(=O)C(C#N)=Cc2ccc(OCc3ccc([N+](=O)[O-])cc3)c(OC)c2)n1. The predicted molar refractivity (Wildman–Crippen MR) is 130 cm³/mol. The molecule has 0 bridgehead atoms. The maximum atomic E-state index is 12.5. The Kier molecular flexibility index (Phi) is 8.30. The number of sulfone groups is 1. The van der Waals surface area contributed by atoms with Crippen LogP contribution >= 0.6 is 11.5 Å². The molecule has 1 heterocycles. The molecule has 1 amide bonds. The van der Waals surface area contributed by atoms with E-state index in [1.807, 2.05) is 0 Å². The number of carbonyl (C=O) groups is 1. The zero-order chi connectivity index (χ0) is 26.3. The highest BCUT2D eigenvalue weighted by atomic mass is 32.2. The molecule has 0 saturated carbocycles. The number of nitro groups is 1. The number of benzene rings is 2. The van der Waals surface area contributed by atoms with Crippen LogP contribution in [0.4, 0.5) is 10.8 Å². The van der Waals surface area contributed by atoms with Gasteiger partial charge in [-0.1, -0.05) is 13.0 Å². The molecule has 0 atom stereocenters. The maximum Gasteiger partial charge on any atom is 0.269 e. The van der Waals surface area contributed by atoms with E-state index in [4.69, 9.17) is 9.47 Å². The van der Waals surface area contributed by atoms with Gasteiger partial charge in [0.15, 0.2) is 11.5 Å². The molecule has 0 aliphatic heterocycles. The number of nitrogens with zero attached hydrogens (tertiary/aromatic N) is 4. The highest BCUT2D eigenvalue weighted by molar-refractivity contribution is 7.91. The largest absolute Gasteiger partial charge is 0.493 e. The van der Waals surface area contributed by atoms with Crippen molar-refractivity contribution in [1.82, 2.24) is 9.36 Å². The third kappa shape index (κ3) is 6.40. The van der Waals surface area contributed by atoms with Crippen LogP contribution in [-0.4, -0.2) is 41.5 Å². The molecule has 0 radical (unpaired) electrons. The van der Waals surface area contributed by atoms with Crippen LogP contribution in [-0.2, 0) is 21.2 Å². The second kappa shape index (κ2) is 11.4. The summed E-state index contributed by atoms with van der Waals surface area (Å²) in [6.45, 7) is 1.58. The topological polar surface area (TPSA) is 174 Å². The van der Waals surface area contributed by atoms with Gasteiger partial charge in [0.05, 0.1) is 17.8 Å². The summed E-state index contributed by atoms with van der Waals surface area (Å²) in [6.07, 6.45) is 1.32. The number of rotatable bonds is 10. The number of methoxy groups -OCH3 is 1. The molecule has 0 saturated heterocycles. The van der Waals surface area contributed by atoms with E-state index in [1.165, 1.54) is 32.2 Å². The standard InChI is InChI=1S/C22H19N5O7S2/c1-3-36(31,32)22-25-21(35-26-22)24-20(28)16(12-23)10-15-6-9-18(19(11-15)33-2)34-13-14-4-7-17(8-5-14)27(29)30/h4-11H,3,13H2,1-2H3,(H,24,25,26,28). The Morgan fingerprint density at radius 1 is 1.25 bits per heavy atom. The van der Waals surface area contributed by atoms with Gasteiger partial charge in [-0.05, 0) is 41.5 Å². The second-order valence-corrected chi connectivity index (χ2v) is 9.96. The molecule has 14 heteroatoms. The van der Waals surface area contributed by atoms with Crippen LogP contribution in [0.15, 0.2) is 53.2 Å². The van der Waals surface area contributed by atoms with E-state index in [-0.39, 0.29) is 33.9 Å². The fraction of sp³-hybridized carbons (Fsp3) is 0.182. The van der Waals surface area contributed by atoms with Gasteiger partial charge in [-0.25, -0.2) is 8.42 Å². The molecule has 1 aromatic heterocycles. The van der Waals surface area contributed by atoms with Crippen molar-refractivity contribution in [3.05, 3.63) is 69.3 Å². The van der Waals surface area contributed by atoms with Crippen molar-refractivity contribution in [2.45, 2.75) is 18.7 Å². The van der Waals surface area contributed by atoms with Gasteiger partial charge in [0, 0.05) is 23.7 Å². The molecule has 0 fully saturated rings. The Labute approximate surface area is 210 Å². The lowest BCUT2D eigenvalue weighted by atomic mass is 10.1. The van der Waals surface area contributed by atoms with Crippen LogP contribution < -0.4 is 14.8 Å². The van der Waals surface area contributed by atoms with Gasteiger partial charge < -0.3 is 9.47 Å². The molecule has 2 aromatic carbocycles. The number of amides is 1. The molecule has 3 rings (SSSR count). The fourth-order valence-corrected chi connectivity index (χ4v) is 4.35. The van der Waals surface area contributed by atoms with Crippen LogP contribution in [0.3, 0.4) is 0 Å². The van der Waals surface area contributed by atoms with Crippen LogP contribution in [0.1, 0.15) is 18.1 Å². The number of hydrogen-bond acceptors (Lipinski definition) is 11. The van der Waals surface area contributed by atoms with Gasteiger partial charge in [-0.3, -0.25) is 20.2 Å². The Bertz CT molecular complexity index is 1460. The summed E-state index contributed by atoms with van der Waals surface area (Å²) < 4.78 is 38.5. The van der Waals surface area contributed by atoms with E-state index >= 15 is 0 Å². The van der Waals surface area contributed by atoms with Crippen LogP contribution in [0.25, 0.3) is 6.08 Å². The Morgan fingerprint density at radius 2 is 1.97 bits per heavy atom. The maximum absolute atomic E-state index is 12.5. The minimum absolute atomic E-state index is 0.0256. The zero-order valence-electron chi connectivity index (χ0n) is 19.0. The summed E-state index contributed by atoms with van der Waals surface area (Å²) in [6, 6.07) is 12.5. The molecule has 0 unspecified atom stereocenters. The molecule has 1 N–H and O–H groups in total. The molecule has 3 aromatic rings. The number of aromatic nitrogens is 2. The van der Waals surface area contributed by atoms with Crippen LogP contribution in [0, 0.1) is 21.4 Å². The Balaban J connectivity index is 1.72. The second-order valence-electron chi connectivity index (χ2n) is 7.03. The number of ether oxygens (including phenoxy) is 2. The lowest BCUT2D eigenvalue weighted by molar-refractivity contribution is -0.384. The normalized spacial score (nSPS) is 11.4. The average Bonchev–Trinajstić information content (AvgIpc) is 3.35. The minimum atomic E-state index is -3.62. The first-order chi connectivity index (χ1) is 17.2. The Morgan fingerprint density at radius 3 is 2.58 bits per heavy atom. The van der Waals surface area contributed by atoms with Crippen molar-refractivity contribution in [1.29, 1.82) is 5.26 Å². The van der Waals surface area contributed by atoms with E-state index in [2.05, 4.69) is 14.7 Å². The highest BCUT2D eigenvalue weighted by Crippen LogP contribution is 2.30. The number of hydrogen-bond donors (Lipinski definition) is 1. The van der Waals surface area contributed by atoms with Gasteiger partial charge in [-0.2, -0.15) is 14.6 Å². The van der Waals surface area contributed by atoms with E-state index in [1.54, 1.807) is 36.4 Å².